The predicted octanol–water partition coefficient (Wildman–Crippen LogP) is 4.73. The minimum atomic E-state index is -0.616. The molecule has 24 heavy (non-hydrogen) atoms. The number of benzene rings is 2. The Balaban J connectivity index is 1.53. The van der Waals surface area contributed by atoms with Crippen molar-refractivity contribution in [1.82, 2.24) is 5.32 Å². The first-order valence-corrected chi connectivity index (χ1v) is 8.38. The van der Waals surface area contributed by atoms with Crippen molar-refractivity contribution in [3.05, 3.63) is 69.2 Å². The van der Waals surface area contributed by atoms with Gasteiger partial charge in [-0.25, -0.2) is 8.78 Å². The molecule has 2 atom stereocenters. The summed E-state index contributed by atoms with van der Waals surface area (Å²) in [6, 6.07) is 8.76. The second kappa shape index (κ2) is 7.08. The molecule has 3 rings (SSSR count). The minimum Gasteiger partial charge on any atom is -0.356 e. The van der Waals surface area contributed by atoms with Crippen molar-refractivity contribution in [3.8, 4) is 0 Å². The lowest BCUT2D eigenvalue weighted by molar-refractivity contribution is -0.122. The molecule has 0 spiro atoms. The Kier molecular flexibility index (Phi) is 5.07. The second-order valence-corrected chi connectivity index (χ2v) is 6.70. The summed E-state index contributed by atoms with van der Waals surface area (Å²) < 4.78 is 26.2. The van der Waals surface area contributed by atoms with E-state index < -0.39 is 11.6 Å². The molecule has 1 amide bonds. The maximum absolute atomic E-state index is 13.1. The Morgan fingerprint density at radius 3 is 2.58 bits per heavy atom. The lowest BCUT2D eigenvalue weighted by atomic mass is 10.1. The SMILES string of the molecule is O=C(NCCc1cc(F)cc(F)c1)C1CC1c1cccc(Cl)c1Cl. The Labute approximate surface area is 148 Å². The van der Waals surface area contributed by atoms with Gasteiger partial charge in [0, 0.05) is 18.5 Å². The van der Waals surface area contributed by atoms with Crippen molar-refractivity contribution in [3.63, 3.8) is 0 Å². The van der Waals surface area contributed by atoms with Crippen LogP contribution in [0.5, 0.6) is 0 Å². The average molecular weight is 370 g/mol. The van der Waals surface area contributed by atoms with Crippen LogP contribution in [0, 0.1) is 17.6 Å². The van der Waals surface area contributed by atoms with Crippen molar-refractivity contribution >= 4 is 29.1 Å². The maximum atomic E-state index is 13.1. The van der Waals surface area contributed by atoms with Gasteiger partial charge in [-0.1, -0.05) is 35.3 Å². The average Bonchev–Trinajstić information content (AvgIpc) is 3.29. The normalized spacial score (nSPS) is 19.2. The van der Waals surface area contributed by atoms with Crippen LogP contribution < -0.4 is 5.32 Å². The molecule has 1 aliphatic carbocycles. The van der Waals surface area contributed by atoms with Crippen molar-refractivity contribution < 1.29 is 13.6 Å². The molecule has 1 N–H and O–H groups in total. The van der Waals surface area contributed by atoms with Crippen molar-refractivity contribution in [1.29, 1.82) is 0 Å². The van der Waals surface area contributed by atoms with E-state index in [2.05, 4.69) is 5.32 Å². The molecule has 0 aliphatic heterocycles. The molecular weight excluding hydrogens is 355 g/mol. The smallest absolute Gasteiger partial charge is 0.223 e. The molecule has 1 fully saturated rings. The molecule has 0 heterocycles. The number of hydrogen-bond acceptors (Lipinski definition) is 1. The molecule has 2 aromatic rings. The molecule has 0 radical (unpaired) electrons. The Hall–Kier alpha value is -1.65. The maximum Gasteiger partial charge on any atom is 0.223 e. The summed E-state index contributed by atoms with van der Waals surface area (Å²) in [6.45, 7) is 0.328. The molecule has 1 saturated carbocycles. The molecule has 1 aliphatic rings. The zero-order chi connectivity index (χ0) is 17.3. The number of amides is 1. The molecular formula is C18H15Cl2F2NO. The lowest BCUT2D eigenvalue weighted by Gasteiger charge is -2.07. The monoisotopic (exact) mass is 369 g/mol. The summed E-state index contributed by atoms with van der Waals surface area (Å²) in [7, 11) is 0. The van der Waals surface area contributed by atoms with Gasteiger partial charge in [0.05, 0.1) is 10.0 Å². The van der Waals surface area contributed by atoms with E-state index in [9.17, 15) is 13.6 Å². The fourth-order valence-electron chi connectivity index (χ4n) is 2.85. The highest BCUT2D eigenvalue weighted by Crippen LogP contribution is 2.50. The van der Waals surface area contributed by atoms with E-state index in [0.717, 1.165) is 18.1 Å². The molecule has 6 heteroatoms. The Morgan fingerprint density at radius 1 is 1.17 bits per heavy atom. The van der Waals surface area contributed by atoms with Crippen molar-refractivity contribution in [2.75, 3.05) is 6.54 Å². The topological polar surface area (TPSA) is 29.1 Å². The molecule has 0 aromatic heterocycles. The molecule has 2 aromatic carbocycles. The Morgan fingerprint density at radius 2 is 1.88 bits per heavy atom. The highest BCUT2D eigenvalue weighted by atomic mass is 35.5. The van der Waals surface area contributed by atoms with Crippen LogP contribution in [0.15, 0.2) is 36.4 Å². The predicted molar refractivity (Wildman–Crippen MR) is 90.4 cm³/mol. The van der Waals surface area contributed by atoms with Crippen LogP contribution in [0.2, 0.25) is 10.0 Å². The first-order valence-electron chi connectivity index (χ1n) is 7.62. The summed E-state index contributed by atoms with van der Waals surface area (Å²) in [4.78, 5) is 12.2. The number of carbonyl (C=O) groups is 1. The minimum absolute atomic E-state index is 0.0721. The third kappa shape index (κ3) is 3.87. The second-order valence-electron chi connectivity index (χ2n) is 5.91. The van der Waals surface area contributed by atoms with Gasteiger partial charge in [0.1, 0.15) is 11.6 Å². The first-order chi connectivity index (χ1) is 11.5. The van der Waals surface area contributed by atoms with Crippen LogP contribution in [0.1, 0.15) is 23.5 Å². The molecule has 2 unspecified atom stereocenters. The number of nitrogens with one attached hydrogen (secondary N) is 1. The standard InChI is InChI=1S/C18H15Cl2F2NO/c19-16-3-1-2-13(17(16)20)14-9-15(14)18(24)23-5-4-10-6-11(21)8-12(22)7-10/h1-3,6-8,14-15H,4-5,9H2,(H,23,24). The van der Waals surface area contributed by atoms with Gasteiger partial charge in [-0.05, 0) is 48.1 Å². The number of halogens is 4. The van der Waals surface area contributed by atoms with Gasteiger partial charge in [0.2, 0.25) is 5.91 Å². The molecule has 0 saturated heterocycles. The van der Waals surface area contributed by atoms with Gasteiger partial charge >= 0.3 is 0 Å². The number of carbonyl (C=O) groups excluding carboxylic acids is 1. The Bertz CT molecular complexity index is 761. The number of hydrogen-bond donors (Lipinski definition) is 1. The van der Waals surface area contributed by atoms with Gasteiger partial charge in [0.25, 0.3) is 0 Å². The molecule has 126 valence electrons. The van der Waals surface area contributed by atoms with Gasteiger partial charge in [-0.15, -0.1) is 0 Å². The van der Waals surface area contributed by atoms with Crippen LogP contribution in [-0.4, -0.2) is 12.5 Å². The molecule has 2 nitrogen and oxygen atoms in total. The van der Waals surface area contributed by atoms with E-state index in [-0.39, 0.29) is 17.7 Å². The van der Waals surface area contributed by atoms with Gasteiger partial charge in [0.15, 0.2) is 0 Å². The summed E-state index contributed by atoms with van der Waals surface area (Å²) in [6.07, 6.45) is 1.09. The zero-order valence-electron chi connectivity index (χ0n) is 12.7. The van der Waals surface area contributed by atoms with Crippen molar-refractivity contribution in [2.45, 2.75) is 18.8 Å². The summed E-state index contributed by atoms with van der Waals surface area (Å²) in [5, 5.41) is 3.78. The third-order valence-corrected chi connectivity index (χ3v) is 4.98. The first kappa shape index (κ1) is 17.2. The highest BCUT2D eigenvalue weighted by Gasteiger charge is 2.44. The van der Waals surface area contributed by atoms with Gasteiger partial charge in [-0.3, -0.25) is 4.79 Å². The van der Waals surface area contributed by atoms with Crippen molar-refractivity contribution in [2.24, 2.45) is 5.92 Å². The van der Waals surface area contributed by atoms with E-state index in [1.54, 1.807) is 6.07 Å². The van der Waals surface area contributed by atoms with E-state index in [0.29, 0.717) is 28.6 Å². The number of rotatable bonds is 5. The van der Waals surface area contributed by atoms with E-state index in [1.807, 2.05) is 12.1 Å². The van der Waals surface area contributed by atoms with Crippen LogP contribution in [0.3, 0.4) is 0 Å². The van der Waals surface area contributed by atoms with Crippen LogP contribution >= 0.6 is 23.2 Å². The van der Waals surface area contributed by atoms with Gasteiger partial charge in [-0.2, -0.15) is 0 Å². The quantitative estimate of drug-likeness (QED) is 0.810. The fraction of sp³-hybridized carbons (Fsp3) is 0.278. The highest BCUT2D eigenvalue weighted by molar-refractivity contribution is 6.42. The fourth-order valence-corrected chi connectivity index (χ4v) is 3.30. The third-order valence-electron chi connectivity index (χ3n) is 4.14. The van der Waals surface area contributed by atoms with Crippen LogP contribution in [0.4, 0.5) is 8.78 Å². The zero-order valence-corrected chi connectivity index (χ0v) is 14.2. The van der Waals surface area contributed by atoms with E-state index >= 15 is 0 Å². The van der Waals surface area contributed by atoms with E-state index in [1.165, 1.54) is 12.1 Å². The summed E-state index contributed by atoms with van der Waals surface area (Å²) >= 11 is 12.2. The van der Waals surface area contributed by atoms with Crippen LogP contribution in [0.25, 0.3) is 0 Å². The lowest BCUT2D eigenvalue weighted by Crippen LogP contribution is -2.27. The molecule has 0 bridgehead atoms. The van der Waals surface area contributed by atoms with Crippen LogP contribution in [-0.2, 0) is 11.2 Å². The summed E-state index contributed by atoms with van der Waals surface area (Å²) in [5.41, 5.74) is 1.40. The van der Waals surface area contributed by atoms with Gasteiger partial charge < -0.3 is 5.32 Å². The van der Waals surface area contributed by atoms with E-state index in [4.69, 9.17) is 23.2 Å². The summed E-state index contributed by atoms with van der Waals surface area (Å²) in [5.74, 6) is -1.37. The largest absolute Gasteiger partial charge is 0.356 e.